The van der Waals surface area contributed by atoms with E-state index < -0.39 is 0 Å². The Labute approximate surface area is 142 Å². The third-order valence-electron chi connectivity index (χ3n) is 4.14. The van der Waals surface area contributed by atoms with Crippen molar-refractivity contribution in [1.29, 1.82) is 0 Å². The van der Waals surface area contributed by atoms with Crippen LogP contribution in [0.2, 0.25) is 0 Å². The summed E-state index contributed by atoms with van der Waals surface area (Å²) in [5, 5.41) is 5.94. The summed E-state index contributed by atoms with van der Waals surface area (Å²) < 4.78 is 0. The van der Waals surface area contributed by atoms with Crippen LogP contribution in [-0.4, -0.2) is 4.99 Å². The smallest absolute Gasteiger partial charge is 0.107 e. The standard InChI is InChI=1S/C20H20N2S/c1-13-10-11-16(21)12-19(13)20(23)22-14(2)17-9-5-7-15-6-3-4-8-18(15)17/h3-12,14H,21H2,1-2H3,(H,22,23)/t14-/m1/s1. The number of fused-ring (bicyclic) bond motifs is 1. The molecule has 3 rings (SSSR count). The Morgan fingerprint density at radius 1 is 1.04 bits per heavy atom. The molecule has 0 bridgehead atoms. The SMILES string of the molecule is Cc1ccc(N)cc1C(=S)N[C@H](C)c1cccc2ccccc12. The normalized spacial score (nSPS) is 12.1. The number of aryl methyl sites for hydroxylation is 1. The molecule has 116 valence electrons. The van der Waals surface area contributed by atoms with Crippen LogP contribution in [0.1, 0.15) is 29.7 Å². The van der Waals surface area contributed by atoms with Crippen LogP contribution in [0.4, 0.5) is 5.69 Å². The van der Waals surface area contributed by atoms with Gasteiger partial charge in [-0.2, -0.15) is 0 Å². The number of rotatable bonds is 3. The fourth-order valence-corrected chi connectivity index (χ4v) is 3.26. The van der Waals surface area contributed by atoms with Gasteiger partial charge in [-0.25, -0.2) is 0 Å². The fraction of sp³-hybridized carbons (Fsp3) is 0.150. The Bertz CT molecular complexity index is 865. The highest BCUT2D eigenvalue weighted by atomic mass is 32.1. The third-order valence-corrected chi connectivity index (χ3v) is 4.48. The molecule has 3 aromatic carbocycles. The number of anilines is 1. The van der Waals surface area contributed by atoms with E-state index in [0.717, 1.165) is 21.8 Å². The van der Waals surface area contributed by atoms with Gasteiger partial charge in [0.2, 0.25) is 0 Å². The lowest BCUT2D eigenvalue weighted by Gasteiger charge is -2.19. The second-order valence-corrected chi connectivity index (χ2v) is 6.25. The van der Waals surface area contributed by atoms with Crippen LogP contribution in [0, 0.1) is 6.92 Å². The van der Waals surface area contributed by atoms with Crippen LogP contribution in [0.3, 0.4) is 0 Å². The Kier molecular flexibility index (Phi) is 4.30. The maximum absolute atomic E-state index is 5.89. The zero-order valence-corrected chi connectivity index (χ0v) is 14.2. The number of nitrogens with two attached hydrogens (primary N) is 1. The first-order valence-corrected chi connectivity index (χ1v) is 8.12. The van der Waals surface area contributed by atoms with Crippen molar-refractivity contribution in [2.45, 2.75) is 19.9 Å². The minimum absolute atomic E-state index is 0.120. The minimum atomic E-state index is 0.120. The molecule has 0 aliphatic carbocycles. The monoisotopic (exact) mass is 320 g/mol. The van der Waals surface area contributed by atoms with Crippen LogP contribution in [0.15, 0.2) is 60.7 Å². The van der Waals surface area contributed by atoms with Crippen molar-refractivity contribution in [2.24, 2.45) is 0 Å². The zero-order chi connectivity index (χ0) is 16.4. The second-order valence-electron chi connectivity index (χ2n) is 5.84. The van der Waals surface area contributed by atoms with E-state index in [1.54, 1.807) is 0 Å². The van der Waals surface area contributed by atoms with Gasteiger partial charge in [0.15, 0.2) is 0 Å². The predicted octanol–water partition coefficient (Wildman–Crippen LogP) is 4.76. The number of thiocarbonyl (C=S) groups is 1. The third kappa shape index (κ3) is 3.20. The van der Waals surface area contributed by atoms with Gasteiger partial charge < -0.3 is 11.1 Å². The van der Waals surface area contributed by atoms with Crippen LogP contribution in [-0.2, 0) is 0 Å². The molecule has 3 aromatic rings. The van der Waals surface area contributed by atoms with Gasteiger partial charge in [-0.3, -0.25) is 0 Å². The fourth-order valence-electron chi connectivity index (χ4n) is 2.86. The molecule has 0 radical (unpaired) electrons. The van der Waals surface area contributed by atoms with Gasteiger partial charge in [0.25, 0.3) is 0 Å². The highest BCUT2D eigenvalue weighted by Crippen LogP contribution is 2.25. The van der Waals surface area contributed by atoms with Crippen molar-refractivity contribution in [3.8, 4) is 0 Å². The molecule has 0 aliphatic rings. The maximum Gasteiger partial charge on any atom is 0.107 e. The molecule has 0 aromatic heterocycles. The summed E-state index contributed by atoms with van der Waals surface area (Å²) in [6, 6.07) is 20.7. The number of nitrogen functional groups attached to an aromatic ring is 1. The quantitative estimate of drug-likeness (QED) is 0.540. The lowest BCUT2D eigenvalue weighted by molar-refractivity contribution is 0.730. The number of hydrogen-bond donors (Lipinski definition) is 2. The van der Waals surface area contributed by atoms with Gasteiger partial charge in [0.05, 0.1) is 0 Å². The summed E-state index contributed by atoms with van der Waals surface area (Å²) in [5.41, 5.74) is 9.99. The highest BCUT2D eigenvalue weighted by Gasteiger charge is 2.12. The topological polar surface area (TPSA) is 38.0 Å². The van der Waals surface area contributed by atoms with Gasteiger partial charge in [-0.05, 0) is 47.9 Å². The number of hydrogen-bond acceptors (Lipinski definition) is 2. The summed E-state index contributed by atoms with van der Waals surface area (Å²) in [4.78, 5) is 0.732. The molecule has 23 heavy (non-hydrogen) atoms. The Balaban J connectivity index is 1.90. The molecular formula is C20H20N2S. The summed E-state index contributed by atoms with van der Waals surface area (Å²) >= 11 is 5.60. The Morgan fingerprint density at radius 2 is 1.78 bits per heavy atom. The molecule has 3 N–H and O–H groups in total. The predicted molar refractivity (Wildman–Crippen MR) is 103 cm³/mol. The summed E-state index contributed by atoms with van der Waals surface area (Å²) in [5.74, 6) is 0. The van der Waals surface area contributed by atoms with Gasteiger partial charge in [0, 0.05) is 17.3 Å². The average molecular weight is 320 g/mol. The van der Waals surface area contributed by atoms with E-state index in [1.165, 1.54) is 16.3 Å². The van der Waals surface area contributed by atoms with Crippen molar-refractivity contribution in [1.82, 2.24) is 5.32 Å². The zero-order valence-electron chi connectivity index (χ0n) is 13.3. The molecule has 0 unspecified atom stereocenters. The molecule has 0 heterocycles. The first kappa shape index (κ1) is 15.5. The first-order chi connectivity index (χ1) is 11.1. The van der Waals surface area contributed by atoms with Gasteiger partial charge >= 0.3 is 0 Å². The van der Waals surface area contributed by atoms with Gasteiger partial charge in [0.1, 0.15) is 4.99 Å². The van der Waals surface area contributed by atoms with Crippen LogP contribution < -0.4 is 11.1 Å². The highest BCUT2D eigenvalue weighted by molar-refractivity contribution is 7.80. The molecule has 0 amide bonds. The molecule has 3 heteroatoms. The van der Waals surface area contributed by atoms with Crippen molar-refractivity contribution in [3.05, 3.63) is 77.4 Å². The Hall–Kier alpha value is -2.39. The molecule has 2 nitrogen and oxygen atoms in total. The van der Waals surface area contributed by atoms with Crippen LogP contribution >= 0.6 is 12.2 Å². The van der Waals surface area contributed by atoms with E-state index in [2.05, 4.69) is 54.7 Å². The summed E-state index contributed by atoms with van der Waals surface area (Å²) in [7, 11) is 0. The molecule has 1 atom stereocenters. The van der Waals surface area contributed by atoms with E-state index in [1.807, 2.05) is 25.1 Å². The van der Waals surface area contributed by atoms with Crippen molar-refractivity contribution in [3.63, 3.8) is 0 Å². The number of nitrogens with one attached hydrogen (secondary N) is 1. The Morgan fingerprint density at radius 3 is 2.61 bits per heavy atom. The summed E-state index contributed by atoms with van der Waals surface area (Å²) in [6.07, 6.45) is 0. The lowest BCUT2D eigenvalue weighted by atomic mass is 9.99. The van der Waals surface area contributed by atoms with Crippen molar-refractivity contribution >= 4 is 33.7 Å². The van der Waals surface area contributed by atoms with Crippen molar-refractivity contribution < 1.29 is 0 Å². The summed E-state index contributed by atoms with van der Waals surface area (Å²) in [6.45, 7) is 4.18. The molecule has 0 saturated heterocycles. The van der Waals surface area contributed by atoms with Gasteiger partial charge in [-0.15, -0.1) is 0 Å². The van der Waals surface area contributed by atoms with E-state index in [9.17, 15) is 0 Å². The maximum atomic E-state index is 5.89. The minimum Gasteiger partial charge on any atom is -0.399 e. The van der Waals surface area contributed by atoms with Crippen LogP contribution in [0.5, 0.6) is 0 Å². The second kappa shape index (κ2) is 6.39. The molecule has 0 saturated carbocycles. The van der Waals surface area contributed by atoms with Gasteiger partial charge in [-0.1, -0.05) is 60.7 Å². The largest absolute Gasteiger partial charge is 0.399 e. The van der Waals surface area contributed by atoms with Crippen LogP contribution in [0.25, 0.3) is 10.8 Å². The molecule has 0 spiro atoms. The molecule has 0 aliphatic heterocycles. The molecule has 0 fully saturated rings. The van der Waals surface area contributed by atoms with E-state index in [0.29, 0.717) is 0 Å². The van der Waals surface area contributed by atoms with E-state index >= 15 is 0 Å². The van der Waals surface area contributed by atoms with E-state index in [4.69, 9.17) is 18.0 Å². The molecular weight excluding hydrogens is 300 g/mol. The number of benzene rings is 3. The van der Waals surface area contributed by atoms with E-state index in [-0.39, 0.29) is 6.04 Å². The first-order valence-electron chi connectivity index (χ1n) is 7.71. The van der Waals surface area contributed by atoms with Crippen molar-refractivity contribution in [2.75, 3.05) is 5.73 Å². The average Bonchev–Trinajstić information content (AvgIpc) is 2.56. The lowest BCUT2D eigenvalue weighted by Crippen LogP contribution is -2.26.